The number of rotatable bonds is 4. The second kappa shape index (κ2) is 7.05. The molecule has 2 atom stereocenters. The normalized spacial score (nSPS) is 19.8. The Kier molecular flexibility index (Phi) is 4.41. The van der Waals surface area contributed by atoms with E-state index in [1.807, 2.05) is 0 Å². The number of carboxylic acid groups (broad SMARTS) is 1. The summed E-state index contributed by atoms with van der Waals surface area (Å²) >= 11 is 0.977. The Morgan fingerprint density at radius 2 is 2.03 bits per heavy atom. The molecule has 3 heterocycles. The van der Waals surface area contributed by atoms with E-state index in [0.29, 0.717) is 27.1 Å². The van der Waals surface area contributed by atoms with E-state index >= 15 is 0 Å². The number of carbonyl (C=O) groups excluding carboxylic acids is 1. The van der Waals surface area contributed by atoms with Gasteiger partial charge in [-0.25, -0.2) is 4.79 Å². The molecule has 0 bridgehead atoms. The van der Waals surface area contributed by atoms with Crippen molar-refractivity contribution in [1.82, 2.24) is 15.2 Å². The Morgan fingerprint density at radius 1 is 1.22 bits per heavy atom. The van der Waals surface area contributed by atoms with Gasteiger partial charge in [0.1, 0.15) is 16.2 Å². The molecule has 7 N–H and O–H groups in total. The maximum absolute atomic E-state index is 13.4. The summed E-state index contributed by atoms with van der Waals surface area (Å²) in [6, 6.07) is 8.45. The van der Waals surface area contributed by atoms with E-state index in [1.54, 1.807) is 36.4 Å². The van der Waals surface area contributed by atoms with Crippen molar-refractivity contribution in [3.63, 3.8) is 0 Å². The average Bonchev–Trinajstić information content (AvgIpc) is 3.20. The predicted octanol–water partition coefficient (Wildman–Crippen LogP) is 1.94. The largest absolute Gasteiger partial charge is 0.477 e. The first-order valence-electron chi connectivity index (χ1n) is 9.42. The molecule has 11 heteroatoms. The van der Waals surface area contributed by atoms with Crippen LogP contribution in [0.25, 0.3) is 10.1 Å². The second-order valence-electron chi connectivity index (χ2n) is 7.25. The Labute approximate surface area is 184 Å². The Morgan fingerprint density at radius 3 is 2.69 bits per heavy atom. The molecule has 0 radical (unpaired) electrons. The van der Waals surface area contributed by atoms with Crippen molar-refractivity contribution in [2.24, 2.45) is 11.5 Å². The van der Waals surface area contributed by atoms with Gasteiger partial charge in [-0.15, -0.1) is 16.4 Å². The lowest BCUT2D eigenvalue weighted by molar-refractivity contribution is -0.124. The van der Waals surface area contributed by atoms with Gasteiger partial charge in [-0.3, -0.25) is 9.78 Å². The number of hydrogen-bond donors (Lipinski definition) is 4. The smallest absolute Gasteiger partial charge is 0.346 e. The van der Waals surface area contributed by atoms with Crippen LogP contribution in [-0.2, 0) is 10.3 Å². The van der Waals surface area contributed by atoms with Gasteiger partial charge in [0.2, 0.25) is 5.88 Å². The molecule has 160 valence electrons. The Hall–Kier alpha value is -3.93. The van der Waals surface area contributed by atoms with Crippen LogP contribution in [0.3, 0.4) is 0 Å². The number of aromatic carboxylic acids is 1. The molecule has 0 amide bonds. The van der Waals surface area contributed by atoms with Crippen molar-refractivity contribution >= 4 is 38.9 Å². The summed E-state index contributed by atoms with van der Waals surface area (Å²) in [6.45, 7) is 0. The molecule has 1 aromatic carbocycles. The van der Waals surface area contributed by atoms with Crippen LogP contribution in [0.1, 0.15) is 32.5 Å². The number of anilines is 1. The minimum absolute atomic E-state index is 0.0253. The van der Waals surface area contributed by atoms with Gasteiger partial charge >= 0.3 is 5.97 Å². The monoisotopic (exact) mass is 448 g/mol. The highest BCUT2D eigenvalue weighted by Gasteiger charge is 2.49. The molecule has 1 aliphatic carbocycles. The van der Waals surface area contributed by atoms with Crippen LogP contribution in [-0.4, -0.2) is 32.0 Å². The zero-order chi connectivity index (χ0) is 22.6. The standard InChI is InChI=1S/C21H16N6O4S/c22-11-5-4-10-14-15(18(20(29)30)32-17(11)14)16(23)19(28)21(10,24)12-6-3-9(8-25-12)31-13-2-1-7-26-27-13/h1-8,16H,22-24H2,(H,29,30). The van der Waals surface area contributed by atoms with E-state index in [9.17, 15) is 14.7 Å². The molecule has 0 fully saturated rings. The number of nitrogen functional groups attached to an aromatic ring is 1. The molecular formula is C21H16N6O4S. The number of ether oxygens (including phenoxy) is 1. The molecule has 0 saturated carbocycles. The lowest BCUT2D eigenvalue weighted by atomic mass is 9.72. The molecule has 4 aromatic rings. The van der Waals surface area contributed by atoms with E-state index in [2.05, 4.69) is 15.2 Å². The van der Waals surface area contributed by atoms with Gasteiger partial charge in [0.25, 0.3) is 0 Å². The summed E-state index contributed by atoms with van der Waals surface area (Å²) < 4.78 is 6.12. The highest BCUT2D eigenvalue weighted by molar-refractivity contribution is 7.21. The SMILES string of the molecule is Nc1ccc2c3c(c(C(=O)O)sc13)C(N)C(=O)C2(N)c1ccc(Oc2cccnn2)cn1. The number of nitrogens with zero attached hydrogens (tertiary/aromatic N) is 3. The van der Waals surface area contributed by atoms with E-state index < -0.39 is 23.3 Å². The van der Waals surface area contributed by atoms with Crippen molar-refractivity contribution < 1.29 is 19.4 Å². The third-order valence-corrected chi connectivity index (χ3v) is 6.66. The van der Waals surface area contributed by atoms with Gasteiger partial charge in [0, 0.05) is 28.9 Å². The van der Waals surface area contributed by atoms with Crippen LogP contribution in [0.2, 0.25) is 0 Å². The lowest BCUT2D eigenvalue weighted by Gasteiger charge is -2.35. The van der Waals surface area contributed by atoms with Crippen LogP contribution < -0.4 is 21.9 Å². The molecule has 0 spiro atoms. The number of hydrogen-bond acceptors (Lipinski definition) is 10. The fourth-order valence-electron chi connectivity index (χ4n) is 3.94. The summed E-state index contributed by atoms with van der Waals surface area (Å²) in [5.41, 5.74) is 18.6. The molecule has 1 aliphatic rings. The molecule has 10 nitrogen and oxygen atoms in total. The summed E-state index contributed by atoms with van der Waals surface area (Å²) in [4.78, 5) is 29.6. The highest BCUT2D eigenvalue weighted by atomic mass is 32.1. The quantitative estimate of drug-likeness (QED) is 0.337. The fourth-order valence-corrected chi connectivity index (χ4v) is 5.08. The maximum Gasteiger partial charge on any atom is 0.346 e. The van der Waals surface area contributed by atoms with E-state index in [0.717, 1.165) is 11.3 Å². The summed E-state index contributed by atoms with van der Waals surface area (Å²) in [6.07, 6.45) is 2.93. The Balaban J connectivity index is 1.66. The van der Waals surface area contributed by atoms with Crippen molar-refractivity contribution in [1.29, 1.82) is 0 Å². The number of pyridine rings is 1. The molecule has 0 aliphatic heterocycles. The molecule has 3 aromatic heterocycles. The predicted molar refractivity (Wildman–Crippen MR) is 116 cm³/mol. The van der Waals surface area contributed by atoms with Crippen molar-refractivity contribution in [3.8, 4) is 11.6 Å². The van der Waals surface area contributed by atoms with Crippen LogP contribution in [0.15, 0.2) is 48.8 Å². The number of thiophene rings is 1. The van der Waals surface area contributed by atoms with Crippen molar-refractivity contribution in [2.75, 3.05) is 5.73 Å². The summed E-state index contributed by atoms with van der Waals surface area (Å²) in [5.74, 6) is -1.09. The average molecular weight is 448 g/mol. The third-order valence-electron chi connectivity index (χ3n) is 5.42. The van der Waals surface area contributed by atoms with E-state index in [-0.39, 0.29) is 22.0 Å². The first-order valence-corrected chi connectivity index (χ1v) is 10.2. The number of benzene rings is 1. The zero-order valence-corrected chi connectivity index (χ0v) is 17.2. The number of Topliss-reactive ketones (excluding diaryl/α,β-unsaturated/α-hetero) is 1. The minimum atomic E-state index is -1.69. The van der Waals surface area contributed by atoms with Gasteiger partial charge in [-0.2, -0.15) is 5.10 Å². The van der Waals surface area contributed by atoms with Gasteiger partial charge in [-0.05, 0) is 29.8 Å². The molecule has 5 rings (SSSR count). The number of aromatic nitrogens is 3. The van der Waals surface area contributed by atoms with Gasteiger partial charge < -0.3 is 27.0 Å². The topological polar surface area (TPSA) is 180 Å². The van der Waals surface area contributed by atoms with Crippen molar-refractivity contribution in [2.45, 2.75) is 11.6 Å². The zero-order valence-electron chi connectivity index (χ0n) is 16.4. The van der Waals surface area contributed by atoms with Crippen LogP contribution in [0.4, 0.5) is 5.69 Å². The first-order chi connectivity index (χ1) is 15.3. The van der Waals surface area contributed by atoms with Gasteiger partial charge in [0.15, 0.2) is 5.78 Å². The summed E-state index contributed by atoms with van der Waals surface area (Å²) in [5, 5.41) is 17.7. The van der Waals surface area contributed by atoms with Gasteiger partial charge in [-0.1, -0.05) is 6.07 Å². The Bertz CT molecular complexity index is 1390. The third kappa shape index (κ3) is 2.76. The molecular weight excluding hydrogens is 432 g/mol. The van der Waals surface area contributed by atoms with Crippen LogP contribution in [0, 0.1) is 0 Å². The number of ketones is 1. The fraction of sp³-hybridized carbons (Fsp3) is 0.0952. The van der Waals surface area contributed by atoms with Crippen LogP contribution in [0.5, 0.6) is 11.6 Å². The minimum Gasteiger partial charge on any atom is -0.477 e. The maximum atomic E-state index is 13.4. The van der Waals surface area contributed by atoms with E-state index in [1.165, 1.54) is 12.4 Å². The molecule has 32 heavy (non-hydrogen) atoms. The highest BCUT2D eigenvalue weighted by Crippen LogP contribution is 2.49. The van der Waals surface area contributed by atoms with Crippen LogP contribution >= 0.6 is 11.3 Å². The molecule has 0 saturated heterocycles. The van der Waals surface area contributed by atoms with E-state index in [4.69, 9.17) is 21.9 Å². The second-order valence-corrected chi connectivity index (χ2v) is 8.27. The van der Waals surface area contributed by atoms with Crippen molar-refractivity contribution in [3.05, 3.63) is 70.5 Å². The van der Waals surface area contributed by atoms with Gasteiger partial charge in [0.05, 0.1) is 22.6 Å². The number of carbonyl (C=O) groups is 2. The lowest BCUT2D eigenvalue weighted by Crippen LogP contribution is -2.53. The first kappa shape index (κ1) is 20.0. The number of carboxylic acids is 1. The summed E-state index contributed by atoms with van der Waals surface area (Å²) in [7, 11) is 0. The number of nitrogens with two attached hydrogens (primary N) is 3. The molecule has 2 unspecified atom stereocenters.